The molecule has 0 aliphatic carbocycles. The number of esters is 1. The minimum absolute atomic E-state index is 0.0493. The van der Waals surface area contributed by atoms with Crippen LogP contribution in [0, 0.1) is 5.41 Å². The summed E-state index contributed by atoms with van der Waals surface area (Å²) in [7, 11) is 1.54. The van der Waals surface area contributed by atoms with E-state index in [1.165, 1.54) is 4.90 Å². The Balaban J connectivity index is 2.23. The van der Waals surface area contributed by atoms with Gasteiger partial charge in [-0.3, -0.25) is 10.2 Å². The fourth-order valence-electron chi connectivity index (χ4n) is 1.36. The van der Waals surface area contributed by atoms with Crippen LogP contribution in [0.25, 0.3) is 0 Å². The highest BCUT2D eigenvalue weighted by Gasteiger charge is 2.33. The van der Waals surface area contributed by atoms with Crippen LogP contribution in [0.4, 0.5) is 0 Å². The highest BCUT2D eigenvalue weighted by atomic mass is 16.7. The fourth-order valence-corrected chi connectivity index (χ4v) is 1.36. The van der Waals surface area contributed by atoms with E-state index in [1.807, 2.05) is 0 Å². The molecule has 17 heavy (non-hydrogen) atoms. The Morgan fingerprint density at radius 3 is 2.76 bits per heavy atom. The van der Waals surface area contributed by atoms with Crippen molar-refractivity contribution < 1.29 is 19.0 Å². The van der Waals surface area contributed by atoms with Crippen LogP contribution >= 0.6 is 0 Å². The molecular weight excluding hydrogens is 226 g/mol. The average molecular weight is 245 g/mol. The molecule has 0 saturated carbocycles. The SMILES string of the molecule is CN(CC(=O)OCC1COC(C)(C)O1)C(=N)N. The molecule has 1 heterocycles. The van der Waals surface area contributed by atoms with E-state index in [1.54, 1.807) is 20.9 Å². The minimum atomic E-state index is -0.618. The number of nitrogens with one attached hydrogen (secondary N) is 1. The summed E-state index contributed by atoms with van der Waals surface area (Å²) in [4.78, 5) is 12.7. The second-order valence-electron chi connectivity index (χ2n) is 4.38. The lowest BCUT2D eigenvalue weighted by Crippen LogP contribution is -2.38. The Kier molecular flexibility index (Phi) is 4.30. The summed E-state index contributed by atoms with van der Waals surface area (Å²) in [5, 5.41) is 7.10. The van der Waals surface area contributed by atoms with Crippen LogP contribution in [-0.2, 0) is 19.0 Å². The van der Waals surface area contributed by atoms with Gasteiger partial charge < -0.3 is 24.8 Å². The summed E-state index contributed by atoms with van der Waals surface area (Å²) in [6.07, 6.45) is -0.239. The van der Waals surface area contributed by atoms with Gasteiger partial charge in [-0.1, -0.05) is 0 Å². The molecule has 0 aromatic carbocycles. The van der Waals surface area contributed by atoms with E-state index in [0.717, 1.165) is 0 Å². The zero-order valence-corrected chi connectivity index (χ0v) is 10.4. The second-order valence-corrected chi connectivity index (χ2v) is 4.38. The van der Waals surface area contributed by atoms with Crippen molar-refractivity contribution in [2.24, 2.45) is 5.73 Å². The molecule has 1 rings (SSSR count). The van der Waals surface area contributed by atoms with Gasteiger partial charge in [-0.15, -0.1) is 0 Å². The third kappa shape index (κ3) is 4.58. The predicted octanol–water partition coefficient (Wildman–Crippen LogP) is -0.494. The number of carbonyl (C=O) groups excluding carboxylic acids is 1. The summed E-state index contributed by atoms with van der Waals surface area (Å²) in [6, 6.07) is 0. The number of hydrogen-bond donors (Lipinski definition) is 2. The molecule has 1 aliphatic rings. The van der Waals surface area contributed by atoms with Crippen molar-refractivity contribution in [3.63, 3.8) is 0 Å². The molecule has 1 fully saturated rings. The molecule has 0 bridgehead atoms. The number of hydrogen-bond acceptors (Lipinski definition) is 5. The number of nitrogens with two attached hydrogens (primary N) is 1. The average Bonchev–Trinajstić information content (AvgIpc) is 2.55. The first-order valence-electron chi connectivity index (χ1n) is 5.33. The lowest BCUT2D eigenvalue weighted by Gasteiger charge is -2.18. The Hall–Kier alpha value is -1.34. The van der Waals surface area contributed by atoms with E-state index >= 15 is 0 Å². The molecular formula is C10H19N3O4. The van der Waals surface area contributed by atoms with Crippen molar-refractivity contribution >= 4 is 11.9 Å². The molecule has 1 aliphatic heterocycles. The molecule has 0 aromatic rings. The molecule has 0 radical (unpaired) electrons. The van der Waals surface area contributed by atoms with Crippen molar-refractivity contribution in [3.05, 3.63) is 0 Å². The van der Waals surface area contributed by atoms with Gasteiger partial charge in [0.15, 0.2) is 11.7 Å². The lowest BCUT2D eigenvalue weighted by molar-refractivity contribution is -0.158. The molecule has 7 nitrogen and oxygen atoms in total. The Bertz CT molecular complexity index is 306. The first-order chi connectivity index (χ1) is 7.80. The molecule has 1 atom stereocenters. The largest absolute Gasteiger partial charge is 0.462 e. The van der Waals surface area contributed by atoms with E-state index in [2.05, 4.69) is 0 Å². The minimum Gasteiger partial charge on any atom is -0.462 e. The van der Waals surface area contributed by atoms with Crippen molar-refractivity contribution in [2.75, 3.05) is 26.8 Å². The molecule has 0 spiro atoms. The van der Waals surface area contributed by atoms with Gasteiger partial charge in [0.2, 0.25) is 0 Å². The summed E-state index contributed by atoms with van der Waals surface area (Å²) < 4.78 is 15.8. The fraction of sp³-hybridized carbons (Fsp3) is 0.800. The second kappa shape index (κ2) is 5.33. The van der Waals surface area contributed by atoms with Crippen LogP contribution in [0.3, 0.4) is 0 Å². The molecule has 98 valence electrons. The Labute approximate surface area is 100 Å². The normalized spacial score (nSPS) is 22.2. The third-order valence-corrected chi connectivity index (χ3v) is 2.28. The van der Waals surface area contributed by atoms with Crippen LogP contribution in [0.1, 0.15) is 13.8 Å². The summed E-state index contributed by atoms with van der Waals surface area (Å²) in [6.45, 7) is 4.11. The van der Waals surface area contributed by atoms with E-state index in [-0.39, 0.29) is 25.2 Å². The summed E-state index contributed by atoms with van der Waals surface area (Å²) >= 11 is 0. The van der Waals surface area contributed by atoms with E-state index < -0.39 is 11.8 Å². The zero-order chi connectivity index (χ0) is 13.1. The van der Waals surface area contributed by atoms with Crippen LogP contribution in [0.5, 0.6) is 0 Å². The van der Waals surface area contributed by atoms with E-state index in [4.69, 9.17) is 25.4 Å². The topological polar surface area (TPSA) is 97.9 Å². The molecule has 3 N–H and O–H groups in total. The number of nitrogens with zero attached hydrogens (tertiary/aromatic N) is 1. The predicted molar refractivity (Wildman–Crippen MR) is 60.4 cm³/mol. The number of carbonyl (C=O) groups is 1. The standard InChI is InChI=1S/C10H19N3O4/c1-10(2)16-6-7(17-10)5-15-8(14)4-13(3)9(11)12/h7H,4-6H2,1-3H3,(H3,11,12). The van der Waals surface area contributed by atoms with Gasteiger partial charge in [0.25, 0.3) is 0 Å². The van der Waals surface area contributed by atoms with Crippen LogP contribution in [0.2, 0.25) is 0 Å². The monoisotopic (exact) mass is 245 g/mol. The quantitative estimate of drug-likeness (QED) is 0.394. The third-order valence-electron chi connectivity index (χ3n) is 2.28. The zero-order valence-electron chi connectivity index (χ0n) is 10.4. The Morgan fingerprint density at radius 1 is 1.65 bits per heavy atom. The maximum absolute atomic E-state index is 11.4. The van der Waals surface area contributed by atoms with Crippen molar-refractivity contribution in [3.8, 4) is 0 Å². The van der Waals surface area contributed by atoms with Crippen LogP contribution in [-0.4, -0.2) is 55.5 Å². The maximum Gasteiger partial charge on any atom is 0.325 e. The van der Waals surface area contributed by atoms with Gasteiger partial charge in [0.05, 0.1) is 6.61 Å². The first kappa shape index (κ1) is 13.7. The Morgan fingerprint density at radius 2 is 2.29 bits per heavy atom. The molecule has 1 unspecified atom stereocenters. The smallest absolute Gasteiger partial charge is 0.325 e. The van der Waals surface area contributed by atoms with Crippen molar-refractivity contribution in [1.29, 1.82) is 5.41 Å². The molecule has 1 saturated heterocycles. The number of likely N-dealkylation sites (N-methyl/N-ethyl adjacent to an activating group) is 1. The summed E-state index contributed by atoms with van der Waals surface area (Å²) in [5.41, 5.74) is 5.19. The highest BCUT2D eigenvalue weighted by molar-refractivity contribution is 5.80. The first-order valence-corrected chi connectivity index (χ1v) is 5.33. The number of rotatable bonds is 4. The number of guanidine groups is 1. The van der Waals surface area contributed by atoms with E-state index in [9.17, 15) is 4.79 Å². The molecule has 0 amide bonds. The molecule has 7 heteroatoms. The summed E-state index contributed by atoms with van der Waals surface area (Å²) in [5.74, 6) is -1.24. The van der Waals surface area contributed by atoms with Gasteiger partial charge in [0, 0.05) is 7.05 Å². The van der Waals surface area contributed by atoms with Gasteiger partial charge in [-0.05, 0) is 13.8 Å². The number of ether oxygens (including phenoxy) is 3. The van der Waals surface area contributed by atoms with Gasteiger partial charge in [0.1, 0.15) is 19.3 Å². The van der Waals surface area contributed by atoms with Crippen LogP contribution in [0.15, 0.2) is 0 Å². The van der Waals surface area contributed by atoms with Gasteiger partial charge in [-0.25, -0.2) is 0 Å². The van der Waals surface area contributed by atoms with Crippen LogP contribution < -0.4 is 5.73 Å². The lowest BCUT2D eigenvalue weighted by atomic mass is 10.4. The van der Waals surface area contributed by atoms with Gasteiger partial charge in [-0.2, -0.15) is 0 Å². The maximum atomic E-state index is 11.4. The van der Waals surface area contributed by atoms with E-state index in [0.29, 0.717) is 6.61 Å². The highest BCUT2D eigenvalue weighted by Crippen LogP contribution is 2.22. The van der Waals surface area contributed by atoms with Gasteiger partial charge >= 0.3 is 5.97 Å². The van der Waals surface area contributed by atoms with Crippen molar-refractivity contribution in [1.82, 2.24) is 4.90 Å². The molecule has 0 aromatic heterocycles. The van der Waals surface area contributed by atoms with Crippen molar-refractivity contribution in [2.45, 2.75) is 25.7 Å².